The van der Waals surface area contributed by atoms with Crippen LogP contribution in [0.5, 0.6) is 0 Å². The van der Waals surface area contributed by atoms with Gasteiger partial charge in [-0.05, 0) is 18.6 Å². The molecule has 2 rings (SSSR count). The lowest BCUT2D eigenvalue weighted by Crippen LogP contribution is -1.98. The largest absolute Gasteiger partial charge is 0.289 e. The van der Waals surface area contributed by atoms with Gasteiger partial charge in [-0.1, -0.05) is 48.5 Å². The lowest BCUT2D eigenvalue weighted by Gasteiger charge is -2.00. The number of allylic oxidation sites excluding steroid dienone is 1. The number of nitro groups is 1. The zero-order valence-corrected chi connectivity index (χ0v) is 10.9. The Morgan fingerprint density at radius 1 is 1.15 bits per heavy atom. The molecule has 0 saturated carbocycles. The molecule has 0 amide bonds. The lowest BCUT2D eigenvalue weighted by molar-refractivity contribution is -0.385. The fourth-order valence-electron chi connectivity index (χ4n) is 1.79. The molecule has 100 valence electrons. The van der Waals surface area contributed by atoms with Crippen LogP contribution in [0.1, 0.15) is 21.5 Å². The third-order valence-corrected chi connectivity index (χ3v) is 2.92. The zero-order valence-electron chi connectivity index (χ0n) is 10.9. The highest BCUT2D eigenvalue weighted by molar-refractivity contribution is 6.07. The molecule has 0 aliphatic carbocycles. The van der Waals surface area contributed by atoms with Crippen LogP contribution in [0.15, 0.2) is 54.6 Å². The molecule has 0 unspecified atom stereocenters. The molecule has 4 heteroatoms. The average molecular weight is 267 g/mol. The van der Waals surface area contributed by atoms with Gasteiger partial charge in [-0.2, -0.15) is 0 Å². The second-order valence-electron chi connectivity index (χ2n) is 4.37. The van der Waals surface area contributed by atoms with Crippen molar-refractivity contribution in [2.75, 3.05) is 0 Å². The third-order valence-electron chi connectivity index (χ3n) is 2.92. The van der Waals surface area contributed by atoms with Crippen molar-refractivity contribution in [1.82, 2.24) is 0 Å². The van der Waals surface area contributed by atoms with Gasteiger partial charge in [0.2, 0.25) is 0 Å². The smallest absolute Gasteiger partial charge is 0.273 e. The Hall–Kier alpha value is -2.75. The summed E-state index contributed by atoms with van der Waals surface area (Å²) >= 11 is 0. The summed E-state index contributed by atoms with van der Waals surface area (Å²) in [5.41, 5.74) is 1.72. The number of nitro benzene ring substituents is 1. The second-order valence-corrected chi connectivity index (χ2v) is 4.37. The Morgan fingerprint density at radius 3 is 2.50 bits per heavy atom. The van der Waals surface area contributed by atoms with E-state index in [0.717, 1.165) is 5.56 Å². The maximum atomic E-state index is 12.0. The molecule has 0 aliphatic heterocycles. The van der Waals surface area contributed by atoms with Crippen molar-refractivity contribution < 1.29 is 9.72 Å². The van der Waals surface area contributed by atoms with E-state index in [1.165, 1.54) is 12.1 Å². The van der Waals surface area contributed by atoms with Crippen molar-refractivity contribution >= 4 is 17.5 Å². The molecule has 20 heavy (non-hydrogen) atoms. The van der Waals surface area contributed by atoms with E-state index in [4.69, 9.17) is 0 Å². The Balaban J connectivity index is 2.24. The van der Waals surface area contributed by atoms with E-state index in [0.29, 0.717) is 11.1 Å². The number of rotatable bonds is 4. The molecule has 0 fully saturated rings. The highest BCUT2D eigenvalue weighted by Crippen LogP contribution is 2.19. The Kier molecular flexibility index (Phi) is 4.05. The molecule has 0 N–H and O–H groups in total. The maximum Gasteiger partial charge on any atom is 0.273 e. The van der Waals surface area contributed by atoms with Crippen molar-refractivity contribution in [2.24, 2.45) is 0 Å². The van der Waals surface area contributed by atoms with Gasteiger partial charge in [0.05, 0.1) is 4.92 Å². The number of hydrogen-bond acceptors (Lipinski definition) is 3. The predicted octanol–water partition coefficient (Wildman–Crippen LogP) is 3.80. The summed E-state index contributed by atoms with van der Waals surface area (Å²) in [5, 5.41) is 10.9. The molecule has 0 aliphatic rings. The molecule has 0 saturated heterocycles. The van der Waals surface area contributed by atoms with Gasteiger partial charge in [0.1, 0.15) is 0 Å². The average Bonchev–Trinajstić information content (AvgIpc) is 2.46. The molecule has 0 spiro atoms. The van der Waals surface area contributed by atoms with E-state index in [1.807, 2.05) is 30.3 Å². The SMILES string of the molecule is Cc1ccc(C(=O)/C=C/c2ccccc2)cc1[N+](=O)[O-]. The second kappa shape index (κ2) is 5.93. The summed E-state index contributed by atoms with van der Waals surface area (Å²) in [6, 6.07) is 13.9. The molecule has 4 nitrogen and oxygen atoms in total. The number of nitrogens with zero attached hydrogens (tertiary/aromatic N) is 1. The molecule has 0 atom stereocenters. The Labute approximate surface area is 116 Å². The first-order valence-electron chi connectivity index (χ1n) is 6.10. The van der Waals surface area contributed by atoms with Crippen molar-refractivity contribution in [3.8, 4) is 0 Å². The van der Waals surface area contributed by atoms with Crippen LogP contribution >= 0.6 is 0 Å². The van der Waals surface area contributed by atoms with E-state index in [9.17, 15) is 14.9 Å². The number of carbonyl (C=O) groups excluding carboxylic acids is 1. The monoisotopic (exact) mass is 267 g/mol. The number of aryl methyl sites for hydroxylation is 1. The van der Waals surface area contributed by atoms with Crippen LogP contribution in [0, 0.1) is 17.0 Å². The van der Waals surface area contributed by atoms with Crippen molar-refractivity contribution in [1.29, 1.82) is 0 Å². The van der Waals surface area contributed by atoms with E-state index < -0.39 is 4.92 Å². The van der Waals surface area contributed by atoms with Crippen molar-refractivity contribution in [2.45, 2.75) is 6.92 Å². The predicted molar refractivity (Wildman–Crippen MR) is 77.6 cm³/mol. The first kappa shape index (κ1) is 13.7. The van der Waals surface area contributed by atoms with Gasteiger partial charge in [-0.25, -0.2) is 0 Å². The van der Waals surface area contributed by atoms with Crippen LogP contribution < -0.4 is 0 Å². The highest BCUT2D eigenvalue weighted by Gasteiger charge is 2.13. The third kappa shape index (κ3) is 3.17. The zero-order chi connectivity index (χ0) is 14.5. The Morgan fingerprint density at radius 2 is 1.85 bits per heavy atom. The number of ketones is 1. The maximum absolute atomic E-state index is 12.0. The molecular weight excluding hydrogens is 254 g/mol. The van der Waals surface area contributed by atoms with Crippen molar-refractivity contribution in [3.63, 3.8) is 0 Å². The first-order chi connectivity index (χ1) is 9.58. The first-order valence-corrected chi connectivity index (χ1v) is 6.10. The minimum absolute atomic E-state index is 0.0380. The van der Waals surface area contributed by atoms with E-state index in [1.54, 1.807) is 25.1 Å². The molecular formula is C16H13NO3. The van der Waals surface area contributed by atoms with Gasteiger partial charge in [0.25, 0.3) is 5.69 Å². The van der Waals surface area contributed by atoms with Crippen LogP contribution in [0.3, 0.4) is 0 Å². The van der Waals surface area contributed by atoms with Gasteiger partial charge in [0.15, 0.2) is 5.78 Å². The number of carbonyl (C=O) groups is 1. The summed E-state index contributed by atoms with van der Waals surface area (Å²) in [5.74, 6) is -0.253. The normalized spacial score (nSPS) is 10.7. The van der Waals surface area contributed by atoms with Crippen LogP contribution in [0.4, 0.5) is 5.69 Å². The summed E-state index contributed by atoms with van der Waals surface area (Å²) < 4.78 is 0. The number of hydrogen-bond donors (Lipinski definition) is 0. The van der Waals surface area contributed by atoms with Crippen LogP contribution in [0.25, 0.3) is 6.08 Å². The summed E-state index contributed by atoms with van der Waals surface area (Å²) in [4.78, 5) is 22.4. The van der Waals surface area contributed by atoms with Gasteiger partial charge < -0.3 is 0 Å². The molecule has 0 heterocycles. The summed E-state index contributed by atoms with van der Waals surface area (Å²) in [7, 11) is 0. The lowest BCUT2D eigenvalue weighted by atomic mass is 10.1. The molecule has 0 radical (unpaired) electrons. The van der Waals surface area contributed by atoms with Crippen LogP contribution in [0.2, 0.25) is 0 Å². The fraction of sp³-hybridized carbons (Fsp3) is 0.0625. The minimum atomic E-state index is -0.479. The number of benzene rings is 2. The summed E-state index contributed by atoms with van der Waals surface area (Å²) in [6.07, 6.45) is 3.11. The van der Waals surface area contributed by atoms with Crippen molar-refractivity contribution in [3.05, 3.63) is 81.4 Å². The minimum Gasteiger partial charge on any atom is -0.289 e. The molecule has 2 aromatic rings. The van der Waals surface area contributed by atoms with E-state index >= 15 is 0 Å². The van der Waals surface area contributed by atoms with Gasteiger partial charge in [-0.15, -0.1) is 0 Å². The van der Waals surface area contributed by atoms with Gasteiger partial charge >= 0.3 is 0 Å². The highest BCUT2D eigenvalue weighted by atomic mass is 16.6. The van der Waals surface area contributed by atoms with Gasteiger partial charge in [0, 0.05) is 17.2 Å². The fourth-order valence-corrected chi connectivity index (χ4v) is 1.79. The molecule has 0 bridgehead atoms. The topological polar surface area (TPSA) is 60.2 Å². The van der Waals surface area contributed by atoms with Gasteiger partial charge in [-0.3, -0.25) is 14.9 Å². The van der Waals surface area contributed by atoms with Crippen LogP contribution in [-0.4, -0.2) is 10.7 Å². The quantitative estimate of drug-likeness (QED) is 0.366. The standard InChI is InChI=1S/C16H13NO3/c1-12-7-9-14(11-15(12)17(19)20)16(18)10-8-13-5-3-2-4-6-13/h2-11H,1H3/b10-8+. The summed E-state index contributed by atoms with van der Waals surface area (Å²) in [6.45, 7) is 1.65. The van der Waals surface area contributed by atoms with E-state index in [-0.39, 0.29) is 11.5 Å². The molecule has 2 aromatic carbocycles. The van der Waals surface area contributed by atoms with Crippen LogP contribution in [-0.2, 0) is 0 Å². The Bertz CT molecular complexity index is 675. The molecule has 0 aromatic heterocycles. The van der Waals surface area contributed by atoms with E-state index in [2.05, 4.69) is 0 Å².